The van der Waals surface area contributed by atoms with E-state index in [1.54, 1.807) is 17.4 Å². The van der Waals surface area contributed by atoms with Crippen LogP contribution in [0.2, 0.25) is 5.02 Å². The van der Waals surface area contributed by atoms with Gasteiger partial charge in [0.2, 0.25) is 5.91 Å². The molecular weight excluding hydrogens is 392 g/mol. The number of hydrogen-bond donors (Lipinski definition) is 0. The number of piperidine rings is 1. The molecule has 1 aromatic carbocycles. The van der Waals surface area contributed by atoms with E-state index in [0.717, 1.165) is 58.4 Å². The van der Waals surface area contributed by atoms with E-state index in [4.69, 9.17) is 16.6 Å². The summed E-state index contributed by atoms with van der Waals surface area (Å²) in [6.07, 6.45) is 5.45. The normalized spacial score (nSPS) is 15.8. The van der Waals surface area contributed by atoms with E-state index in [1.807, 2.05) is 54.8 Å². The van der Waals surface area contributed by atoms with Crippen molar-refractivity contribution in [2.45, 2.75) is 32.6 Å². The summed E-state index contributed by atoms with van der Waals surface area (Å²) in [6, 6.07) is 5.86. The molecule has 0 atom stereocenters. The predicted molar refractivity (Wildman–Crippen MR) is 115 cm³/mol. The Morgan fingerprint density at radius 1 is 1.29 bits per heavy atom. The van der Waals surface area contributed by atoms with Crippen molar-refractivity contribution in [3.8, 4) is 0 Å². The number of hydrogen-bond acceptors (Lipinski definition) is 4. The third-order valence-electron chi connectivity index (χ3n) is 5.48. The Hall–Kier alpha value is -2.18. The Bertz CT molecular complexity index is 1060. The van der Waals surface area contributed by atoms with E-state index in [2.05, 4.69) is 5.10 Å². The number of halogens is 1. The molecule has 7 heteroatoms. The molecule has 0 aliphatic carbocycles. The number of thiazole rings is 1. The van der Waals surface area contributed by atoms with Crippen LogP contribution in [0.3, 0.4) is 0 Å². The number of likely N-dealkylation sites (tertiary alicyclic amines) is 1. The van der Waals surface area contributed by atoms with Crippen molar-refractivity contribution in [1.82, 2.24) is 19.7 Å². The summed E-state index contributed by atoms with van der Waals surface area (Å²) in [5, 5.41) is 6.27. The summed E-state index contributed by atoms with van der Waals surface area (Å²) in [4.78, 5) is 19.3. The van der Waals surface area contributed by atoms with Crippen LogP contribution in [0.4, 0.5) is 0 Å². The summed E-state index contributed by atoms with van der Waals surface area (Å²) in [5.74, 6) is 0.476. The minimum atomic E-state index is 0.0668. The van der Waals surface area contributed by atoms with Gasteiger partial charge in [0.05, 0.1) is 20.9 Å². The molecule has 28 heavy (non-hydrogen) atoms. The third-order valence-corrected chi connectivity index (χ3v) is 6.91. The van der Waals surface area contributed by atoms with E-state index in [-0.39, 0.29) is 5.91 Å². The van der Waals surface area contributed by atoms with Crippen molar-refractivity contribution < 1.29 is 4.79 Å². The maximum absolute atomic E-state index is 12.6. The molecule has 5 nitrogen and oxygen atoms in total. The van der Waals surface area contributed by atoms with E-state index in [9.17, 15) is 4.79 Å². The highest BCUT2D eigenvalue weighted by molar-refractivity contribution is 7.18. The monoisotopic (exact) mass is 414 g/mol. The lowest BCUT2D eigenvalue weighted by Gasteiger charge is -2.30. The Balaban J connectivity index is 1.40. The van der Waals surface area contributed by atoms with Crippen LogP contribution in [0.25, 0.3) is 16.3 Å². The first kappa shape index (κ1) is 19.2. The van der Waals surface area contributed by atoms with E-state index in [0.29, 0.717) is 5.92 Å². The minimum absolute atomic E-state index is 0.0668. The third kappa shape index (κ3) is 3.71. The Morgan fingerprint density at radius 3 is 2.71 bits per heavy atom. The van der Waals surface area contributed by atoms with Gasteiger partial charge in [-0.15, -0.1) is 11.3 Å². The Kier molecular flexibility index (Phi) is 5.25. The van der Waals surface area contributed by atoms with Gasteiger partial charge in [0.25, 0.3) is 0 Å². The van der Waals surface area contributed by atoms with Gasteiger partial charge in [0.1, 0.15) is 0 Å². The lowest BCUT2D eigenvalue weighted by atomic mass is 9.97. The van der Waals surface area contributed by atoms with Crippen molar-refractivity contribution in [1.29, 1.82) is 0 Å². The lowest BCUT2D eigenvalue weighted by molar-refractivity contribution is -0.126. The first-order valence-electron chi connectivity index (χ1n) is 9.45. The second-order valence-electron chi connectivity index (χ2n) is 7.31. The standard InChI is InChI=1S/C21H23ClN4OS/c1-13-17(14(2)25(3)24-13)5-7-20(27)26-10-8-15(9-11-26)21-23-18-12-16(22)4-6-19(18)28-21/h4-7,12,15H,8-11H2,1-3H3/b7-5+. The molecule has 1 aliphatic rings. The average Bonchev–Trinajstić information content (AvgIpc) is 3.20. The largest absolute Gasteiger partial charge is 0.339 e. The first-order chi connectivity index (χ1) is 13.4. The number of benzene rings is 1. The highest BCUT2D eigenvalue weighted by atomic mass is 35.5. The van der Waals surface area contributed by atoms with Gasteiger partial charge in [-0.25, -0.2) is 4.98 Å². The highest BCUT2D eigenvalue weighted by Gasteiger charge is 2.25. The number of carbonyl (C=O) groups excluding carboxylic acids is 1. The molecule has 0 unspecified atom stereocenters. The summed E-state index contributed by atoms with van der Waals surface area (Å²) in [6.45, 7) is 5.50. The Morgan fingerprint density at radius 2 is 2.04 bits per heavy atom. The van der Waals surface area contributed by atoms with Gasteiger partial charge in [-0.1, -0.05) is 11.6 Å². The molecular formula is C21H23ClN4OS. The maximum Gasteiger partial charge on any atom is 0.246 e. The molecule has 3 heterocycles. The van der Waals surface area contributed by atoms with Gasteiger partial charge >= 0.3 is 0 Å². The molecule has 0 bridgehead atoms. The van der Waals surface area contributed by atoms with E-state index < -0.39 is 0 Å². The van der Waals surface area contributed by atoms with Crippen LogP contribution >= 0.6 is 22.9 Å². The fraction of sp³-hybridized carbons (Fsp3) is 0.381. The number of carbonyl (C=O) groups is 1. The van der Waals surface area contributed by atoms with Crippen molar-refractivity contribution in [2.75, 3.05) is 13.1 Å². The number of amides is 1. The molecule has 1 fully saturated rings. The molecule has 3 aromatic rings. The zero-order valence-electron chi connectivity index (χ0n) is 16.3. The van der Waals surface area contributed by atoms with Crippen LogP contribution in [-0.2, 0) is 11.8 Å². The number of nitrogens with zero attached hydrogens (tertiary/aromatic N) is 4. The average molecular weight is 415 g/mol. The summed E-state index contributed by atoms with van der Waals surface area (Å²) >= 11 is 7.81. The van der Waals surface area contributed by atoms with Crippen LogP contribution < -0.4 is 0 Å². The summed E-state index contributed by atoms with van der Waals surface area (Å²) < 4.78 is 3.01. The number of aryl methyl sites for hydroxylation is 2. The molecule has 146 valence electrons. The molecule has 1 saturated heterocycles. The quantitative estimate of drug-likeness (QED) is 0.582. The van der Waals surface area contributed by atoms with Crippen LogP contribution in [0.15, 0.2) is 24.3 Å². The molecule has 1 amide bonds. The molecule has 0 spiro atoms. The molecule has 0 saturated carbocycles. The number of rotatable bonds is 3. The SMILES string of the molecule is Cc1nn(C)c(C)c1/C=C/C(=O)N1CCC(c2nc3cc(Cl)ccc3s2)CC1. The fourth-order valence-corrected chi connectivity index (χ4v) is 5.01. The first-order valence-corrected chi connectivity index (χ1v) is 10.6. The van der Waals surface area contributed by atoms with Crippen LogP contribution in [0, 0.1) is 13.8 Å². The van der Waals surface area contributed by atoms with Crippen molar-refractivity contribution >= 4 is 45.1 Å². The Labute approximate surface area is 173 Å². The molecule has 0 radical (unpaired) electrons. The van der Waals surface area contributed by atoms with Gasteiger partial charge < -0.3 is 4.90 Å². The summed E-state index contributed by atoms with van der Waals surface area (Å²) in [7, 11) is 1.92. The van der Waals surface area contributed by atoms with Crippen molar-refractivity contribution in [3.63, 3.8) is 0 Å². The molecule has 0 N–H and O–H groups in total. The number of aromatic nitrogens is 3. The second-order valence-corrected chi connectivity index (χ2v) is 8.80. The van der Waals surface area contributed by atoms with Crippen LogP contribution in [0.5, 0.6) is 0 Å². The zero-order chi connectivity index (χ0) is 19.8. The van der Waals surface area contributed by atoms with Gasteiger partial charge in [-0.05, 0) is 51.0 Å². The summed E-state index contributed by atoms with van der Waals surface area (Å²) in [5.41, 5.74) is 4.00. The van der Waals surface area contributed by atoms with Crippen LogP contribution in [0.1, 0.15) is 40.7 Å². The van der Waals surface area contributed by atoms with Gasteiger partial charge in [-0.2, -0.15) is 5.10 Å². The van der Waals surface area contributed by atoms with Gasteiger partial charge in [0.15, 0.2) is 0 Å². The smallest absolute Gasteiger partial charge is 0.246 e. The minimum Gasteiger partial charge on any atom is -0.339 e. The van der Waals surface area contributed by atoms with Gasteiger partial charge in [0, 0.05) is 48.4 Å². The zero-order valence-corrected chi connectivity index (χ0v) is 17.8. The van der Waals surface area contributed by atoms with Crippen molar-refractivity contribution in [3.05, 3.63) is 51.3 Å². The second kappa shape index (κ2) is 7.68. The molecule has 1 aliphatic heterocycles. The van der Waals surface area contributed by atoms with E-state index >= 15 is 0 Å². The molecule has 2 aromatic heterocycles. The predicted octanol–water partition coefficient (Wildman–Crippen LogP) is 4.72. The van der Waals surface area contributed by atoms with Crippen molar-refractivity contribution in [2.24, 2.45) is 7.05 Å². The topological polar surface area (TPSA) is 51.0 Å². The number of fused-ring (bicyclic) bond motifs is 1. The highest BCUT2D eigenvalue weighted by Crippen LogP contribution is 2.34. The van der Waals surface area contributed by atoms with Gasteiger partial charge in [-0.3, -0.25) is 9.48 Å². The van der Waals surface area contributed by atoms with E-state index in [1.165, 1.54) is 4.70 Å². The lowest BCUT2D eigenvalue weighted by Crippen LogP contribution is -2.36. The molecule has 4 rings (SSSR count). The van der Waals surface area contributed by atoms with Crippen LogP contribution in [-0.4, -0.2) is 38.7 Å². The fourth-order valence-electron chi connectivity index (χ4n) is 3.73. The maximum atomic E-state index is 12.6.